The number of aromatic nitrogens is 1. The van der Waals surface area contributed by atoms with Crippen molar-refractivity contribution in [2.45, 2.75) is 32.5 Å². The van der Waals surface area contributed by atoms with Crippen molar-refractivity contribution < 1.29 is 0 Å². The molecule has 2 unspecified atom stereocenters. The van der Waals surface area contributed by atoms with Gasteiger partial charge in [-0.1, -0.05) is 12.1 Å². The number of pyridine rings is 1. The van der Waals surface area contributed by atoms with Crippen LogP contribution in [0, 0.1) is 6.92 Å². The zero-order valence-electron chi connectivity index (χ0n) is 11.7. The summed E-state index contributed by atoms with van der Waals surface area (Å²) in [4.78, 5) is 8.14. The van der Waals surface area contributed by atoms with Crippen LogP contribution in [0.5, 0.6) is 0 Å². The standard InChI is InChI=1S/C15H21N3S/c1-11-6-4-7-13(17-11)10-18(3)15(12(2)16)14-8-5-9-19-14/h4-9,12,15H,10,16H2,1-3H3. The fourth-order valence-corrected chi connectivity index (χ4v) is 3.38. The number of hydrogen-bond donors (Lipinski definition) is 1. The molecule has 4 heteroatoms. The molecular formula is C15H21N3S. The Kier molecular flexibility index (Phi) is 4.69. The minimum Gasteiger partial charge on any atom is -0.326 e. The smallest absolute Gasteiger partial charge is 0.0591 e. The van der Waals surface area contributed by atoms with E-state index in [1.54, 1.807) is 11.3 Å². The summed E-state index contributed by atoms with van der Waals surface area (Å²) >= 11 is 1.76. The van der Waals surface area contributed by atoms with Gasteiger partial charge in [-0.15, -0.1) is 11.3 Å². The van der Waals surface area contributed by atoms with Crippen LogP contribution in [0.25, 0.3) is 0 Å². The summed E-state index contributed by atoms with van der Waals surface area (Å²) < 4.78 is 0. The van der Waals surface area contributed by atoms with Crippen LogP contribution in [0.15, 0.2) is 35.7 Å². The Labute approximate surface area is 119 Å². The molecule has 0 fully saturated rings. The fraction of sp³-hybridized carbons (Fsp3) is 0.400. The third-order valence-electron chi connectivity index (χ3n) is 3.16. The first-order chi connectivity index (χ1) is 9.08. The van der Waals surface area contributed by atoms with Gasteiger partial charge in [-0.2, -0.15) is 0 Å². The molecular weight excluding hydrogens is 254 g/mol. The molecule has 0 saturated heterocycles. The minimum atomic E-state index is 0.0912. The van der Waals surface area contributed by atoms with Gasteiger partial charge in [0, 0.05) is 23.2 Å². The van der Waals surface area contributed by atoms with Gasteiger partial charge in [0.05, 0.1) is 11.7 Å². The molecule has 0 saturated carbocycles. The Bertz CT molecular complexity index is 508. The maximum absolute atomic E-state index is 6.16. The average molecular weight is 275 g/mol. The third kappa shape index (κ3) is 3.62. The van der Waals surface area contributed by atoms with Gasteiger partial charge in [0.2, 0.25) is 0 Å². The third-order valence-corrected chi connectivity index (χ3v) is 4.11. The lowest BCUT2D eigenvalue weighted by Gasteiger charge is -2.30. The Hall–Kier alpha value is -1.23. The van der Waals surface area contributed by atoms with Crippen molar-refractivity contribution >= 4 is 11.3 Å². The van der Waals surface area contributed by atoms with Crippen LogP contribution in [0.4, 0.5) is 0 Å². The molecule has 0 radical (unpaired) electrons. The normalized spacial score (nSPS) is 14.6. The molecule has 2 heterocycles. The summed E-state index contributed by atoms with van der Waals surface area (Å²) in [6, 6.07) is 10.7. The summed E-state index contributed by atoms with van der Waals surface area (Å²) in [7, 11) is 2.11. The predicted molar refractivity (Wildman–Crippen MR) is 81.2 cm³/mol. The first-order valence-electron chi connectivity index (χ1n) is 6.49. The molecule has 0 aromatic carbocycles. The molecule has 19 heavy (non-hydrogen) atoms. The van der Waals surface area contributed by atoms with Gasteiger partial charge in [0.1, 0.15) is 0 Å². The number of nitrogens with two attached hydrogens (primary N) is 1. The zero-order valence-corrected chi connectivity index (χ0v) is 12.5. The molecule has 0 spiro atoms. The molecule has 0 bridgehead atoms. The molecule has 2 rings (SSSR count). The fourth-order valence-electron chi connectivity index (χ4n) is 2.38. The Morgan fingerprint density at radius 1 is 1.32 bits per heavy atom. The van der Waals surface area contributed by atoms with Crippen LogP contribution in [0.1, 0.15) is 29.2 Å². The number of thiophene rings is 1. The van der Waals surface area contributed by atoms with Crippen molar-refractivity contribution in [3.8, 4) is 0 Å². The number of aryl methyl sites for hydroxylation is 1. The van der Waals surface area contributed by atoms with E-state index in [1.807, 2.05) is 13.0 Å². The van der Waals surface area contributed by atoms with Crippen LogP contribution in [-0.2, 0) is 6.54 Å². The highest BCUT2D eigenvalue weighted by molar-refractivity contribution is 7.10. The Balaban J connectivity index is 2.14. The molecule has 102 valence electrons. The number of nitrogens with zero attached hydrogens (tertiary/aromatic N) is 2. The first-order valence-corrected chi connectivity index (χ1v) is 7.37. The highest BCUT2D eigenvalue weighted by Gasteiger charge is 2.22. The lowest BCUT2D eigenvalue weighted by atomic mass is 10.1. The molecule has 2 atom stereocenters. The van der Waals surface area contributed by atoms with E-state index in [9.17, 15) is 0 Å². The van der Waals surface area contributed by atoms with Crippen LogP contribution in [-0.4, -0.2) is 23.0 Å². The molecule has 0 aliphatic carbocycles. The second-order valence-corrected chi connectivity index (χ2v) is 5.98. The van der Waals surface area contributed by atoms with E-state index in [0.29, 0.717) is 0 Å². The first kappa shape index (κ1) is 14.2. The monoisotopic (exact) mass is 275 g/mol. The summed E-state index contributed by atoms with van der Waals surface area (Å²) in [5.74, 6) is 0. The van der Waals surface area contributed by atoms with Gasteiger partial charge in [0.15, 0.2) is 0 Å². The number of likely N-dealkylation sites (N-methyl/N-ethyl adjacent to an activating group) is 1. The average Bonchev–Trinajstić information content (AvgIpc) is 2.82. The van der Waals surface area contributed by atoms with Gasteiger partial charge in [-0.3, -0.25) is 9.88 Å². The molecule has 2 aromatic rings. The second kappa shape index (κ2) is 6.28. The topological polar surface area (TPSA) is 42.1 Å². The van der Waals surface area contributed by atoms with Crippen LogP contribution in [0.2, 0.25) is 0 Å². The van der Waals surface area contributed by atoms with Crippen molar-refractivity contribution in [3.63, 3.8) is 0 Å². The SMILES string of the molecule is Cc1cccc(CN(C)C(c2cccs2)C(C)N)n1. The van der Waals surface area contributed by atoms with E-state index in [2.05, 4.69) is 53.5 Å². The van der Waals surface area contributed by atoms with E-state index in [4.69, 9.17) is 5.73 Å². The van der Waals surface area contributed by atoms with E-state index < -0.39 is 0 Å². The molecule has 2 N–H and O–H groups in total. The van der Waals surface area contributed by atoms with Crippen LogP contribution in [0.3, 0.4) is 0 Å². The van der Waals surface area contributed by atoms with Crippen molar-refractivity contribution in [1.29, 1.82) is 0 Å². The summed E-state index contributed by atoms with van der Waals surface area (Å²) in [5.41, 5.74) is 8.30. The van der Waals surface area contributed by atoms with E-state index in [1.165, 1.54) is 4.88 Å². The van der Waals surface area contributed by atoms with Gasteiger partial charge in [-0.25, -0.2) is 0 Å². The van der Waals surface area contributed by atoms with Crippen molar-refractivity contribution in [1.82, 2.24) is 9.88 Å². The lowest BCUT2D eigenvalue weighted by Crippen LogP contribution is -2.36. The lowest BCUT2D eigenvalue weighted by molar-refractivity contribution is 0.212. The second-order valence-electron chi connectivity index (χ2n) is 5.00. The zero-order chi connectivity index (χ0) is 13.8. The summed E-state index contributed by atoms with van der Waals surface area (Å²) in [6.07, 6.45) is 0. The summed E-state index contributed by atoms with van der Waals surface area (Å²) in [6.45, 7) is 4.89. The number of rotatable bonds is 5. The quantitative estimate of drug-likeness (QED) is 0.912. The van der Waals surface area contributed by atoms with Gasteiger partial charge in [-0.05, 0) is 44.5 Å². The van der Waals surface area contributed by atoms with Crippen LogP contribution >= 0.6 is 11.3 Å². The predicted octanol–water partition coefficient (Wildman–Crippen LogP) is 2.97. The van der Waals surface area contributed by atoms with E-state index in [0.717, 1.165) is 17.9 Å². The van der Waals surface area contributed by atoms with Crippen molar-refractivity contribution in [2.75, 3.05) is 7.05 Å². The Morgan fingerprint density at radius 3 is 2.68 bits per heavy atom. The minimum absolute atomic E-state index is 0.0912. The van der Waals surface area contributed by atoms with Crippen LogP contribution < -0.4 is 5.73 Å². The van der Waals surface area contributed by atoms with Crippen molar-refractivity contribution in [2.24, 2.45) is 5.73 Å². The van der Waals surface area contributed by atoms with E-state index in [-0.39, 0.29) is 12.1 Å². The van der Waals surface area contributed by atoms with Gasteiger partial charge >= 0.3 is 0 Å². The largest absolute Gasteiger partial charge is 0.326 e. The molecule has 0 aliphatic rings. The molecule has 0 aliphatic heterocycles. The number of hydrogen-bond acceptors (Lipinski definition) is 4. The van der Waals surface area contributed by atoms with Gasteiger partial charge in [0.25, 0.3) is 0 Å². The molecule has 3 nitrogen and oxygen atoms in total. The molecule has 0 amide bonds. The van der Waals surface area contributed by atoms with Crippen molar-refractivity contribution in [3.05, 3.63) is 52.0 Å². The summed E-state index contributed by atoms with van der Waals surface area (Å²) in [5, 5.41) is 2.10. The molecule has 2 aromatic heterocycles. The van der Waals surface area contributed by atoms with Gasteiger partial charge < -0.3 is 5.73 Å². The highest BCUT2D eigenvalue weighted by Crippen LogP contribution is 2.27. The maximum Gasteiger partial charge on any atom is 0.0591 e. The Morgan fingerprint density at radius 2 is 2.11 bits per heavy atom. The maximum atomic E-state index is 6.16. The highest BCUT2D eigenvalue weighted by atomic mass is 32.1. The van der Waals surface area contributed by atoms with E-state index >= 15 is 0 Å².